The quantitative estimate of drug-likeness (QED) is 0.748. The van der Waals surface area contributed by atoms with Gasteiger partial charge in [-0.3, -0.25) is 9.59 Å². The lowest BCUT2D eigenvalue weighted by atomic mass is 9.96. The molecule has 0 bridgehead atoms. The highest BCUT2D eigenvalue weighted by Crippen LogP contribution is 2.29. The van der Waals surface area contributed by atoms with Crippen LogP contribution in [-0.2, 0) is 13.0 Å². The largest absolute Gasteiger partial charge is 0.347 e. The second kappa shape index (κ2) is 9.28. The van der Waals surface area contributed by atoms with E-state index in [0.29, 0.717) is 11.5 Å². The first-order valence-corrected chi connectivity index (χ1v) is 11.4. The number of carbonyl (C=O) groups is 1. The molecule has 1 saturated heterocycles. The van der Waals surface area contributed by atoms with Crippen molar-refractivity contribution in [1.82, 2.24) is 14.4 Å². The van der Waals surface area contributed by atoms with Crippen LogP contribution in [0, 0.1) is 12.8 Å². The zero-order chi connectivity index (χ0) is 19.4. The number of nitrogens with zero attached hydrogens (tertiary/aromatic N) is 3. The van der Waals surface area contributed by atoms with Gasteiger partial charge in [-0.1, -0.05) is 25.7 Å². The van der Waals surface area contributed by atoms with E-state index in [1.165, 1.54) is 25.7 Å². The predicted octanol–water partition coefficient (Wildman–Crippen LogP) is 2.64. The molecule has 0 radical (unpaired) electrons. The Morgan fingerprint density at radius 2 is 1.89 bits per heavy atom. The zero-order valence-electron chi connectivity index (χ0n) is 17.0. The van der Waals surface area contributed by atoms with Gasteiger partial charge in [-0.25, -0.2) is 0 Å². The lowest BCUT2D eigenvalue weighted by Gasteiger charge is -2.29. The van der Waals surface area contributed by atoms with E-state index >= 15 is 0 Å². The maximum Gasteiger partial charge on any atom is 0.259 e. The van der Waals surface area contributed by atoms with Crippen LogP contribution in [0.15, 0.2) is 10.9 Å². The van der Waals surface area contributed by atoms with Crippen molar-refractivity contribution in [2.45, 2.75) is 45.6 Å². The summed E-state index contributed by atoms with van der Waals surface area (Å²) in [4.78, 5) is 30.3. The lowest BCUT2D eigenvalue weighted by molar-refractivity contribution is 0.0768. The number of amides is 1. The number of hydrogen-bond donors (Lipinski definition) is 0. The summed E-state index contributed by atoms with van der Waals surface area (Å²) in [6, 6.07) is 1.67. The topological polar surface area (TPSA) is 45.6 Å². The number of hydrogen-bond acceptors (Lipinski definition) is 4. The smallest absolute Gasteiger partial charge is 0.259 e. The fraction of sp³-hybridized carbons (Fsp3) is 0.714. The summed E-state index contributed by atoms with van der Waals surface area (Å²) >= 11 is 1.88. The molecule has 1 aliphatic carbocycles. The van der Waals surface area contributed by atoms with E-state index in [9.17, 15) is 9.59 Å². The first kappa shape index (κ1) is 20.5. The molecule has 2 fully saturated rings. The van der Waals surface area contributed by atoms with Gasteiger partial charge in [0.1, 0.15) is 5.56 Å². The van der Waals surface area contributed by atoms with Crippen molar-refractivity contribution in [1.29, 1.82) is 0 Å². The molecule has 150 valence electrons. The summed E-state index contributed by atoms with van der Waals surface area (Å²) in [6.45, 7) is 5.21. The number of pyridine rings is 1. The second-order valence-corrected chi connectivity index (χ2v) is 9.41. The third kappa shape index (κ3) is 4.96. The van der Waals surface area contributed by atoms with Gasteiger partial charge in [0.05, 0.1) is 0 Å². The van der Waals surface area contributed by atoms with Crippen molar-refractivity contribution in [3.63, 3.8) is 0 Å². The number of aryl methyl sites for hydroxylation is 1. The Bertz CT molecular complexity index is 717. The Hall–Kier alpha value is -1.27. The maximum absolute atomic E-state index is 13.3. The Balaban J connectivity index is 2.01. The van der Waals surface area contributed by atoms with Gasteiger partial charge in [0.2, 0.25) is 0 Å². The van der Waals surface area contributed by atoms with E-state index in [1.807, 2.05) is 23.6 Å². The van der Waals surface area contributed by atoms with Crippen LogP contribution in [0.25, 0.3) is 0 Å². The van der Waals surface area contributed by atoms with Crippen molar-refractivity contribution in [3.8, 4) is 0 Å². The Morgan fingerprint density at radius 3 is 2.52 bits per heavy atom. The molecule has 2 heterocycles. The van der Waals surface area contributed by atoms with Crippen LogP contribution in [-0.4, -0.2) is 65.5 Å². The Kier molecular flexibility index (Phi) is 7.04. The van der Waals surface area contributed by atoms with E-state index in [-0.39, 0.29) is 11.3 Å². The molecule has 0 aromatic carbocycles. The van der Waals surface area contributed by atoms with Crippen LogP contribution in [0.5, 0.6) is 0 Å². The van der Waals surface area contributed by atoms with Crippen LogP contribution in [0.3, 0.4) is 0 Å². The summed E-state index contributed by atoms with van der Waals surface area (Å²) < 4.78 is 2.24. The van der Waals surface area contributed by atoms with Gasteiger partial charge < -0.3 is 14.4 Å². The second-order valence-electron chi connectivity index (χ2n) is 8.19. The number of carbonyl (C=O) groups excluding carboxylic acids is 1. The molecule has 2 aliphatic rings. The molecular formula is C21H33N3O2S. The van der Waals surface area contributed by atoms with Gasteiger partial charge in [0.25, 0.3) is 5.91 Å². The summed E-state index contributed by atoms with van der Waals surface area (Å²) in [5.74, 6) is 2.47. The molecule has 0 unspecified atom stereocenters. The van der Waals surface area contributed by atoms with Crippen molar-refractivity contribution in [2.24, 2.45) is 5.92 Å². The molecule has 1 aromatic rings. The van der Waals surface area contributed by atoms with Gasteiger partial charge in [0.15, 0.2) is 5.43 Å². The van der Waals surface area contributed by atoms with E-state index in [1.54, 1.807) is 6.07 Å². The molecule has 5 nitrogen and oxygen atoms in total. The van der Waals surface area contributed by atoms with Crippen molar-refractivity contribution < 1.29 is 4.79 Å². The first-order valence-electron chi connectivity index (χ1n) is 10.2. The Labute approximate surface area is 167 Å². The minimum absolute atomic E-state index is 0.0492. The molecule has 1 saturated carbocycles. The number of thioether (sulfide) groups is 1. The van der Waals surface area contributed by atoms with E-state index in [2.05, 4.69) is 23.6 Å². The number of aromatic nitrogens is 1. The van der Waals surface area contributed by atoms with Crippen LogP contribution in [0.2, 0.25) is 0 Å². The fourth-order valence-electron chi connectivity index (χ4n) is 4.29. The first-order chi connectivity index (χ1) is 13.0. The number of likely N-dealkylation sites (N-methyl/N-ethyl adjacent to an activating group) is 1. The van der Waals surface area contributed by atoms with E-state index < -0.39 is 0 Å². The predicted molar refractivity (Wildman–Crippen MR) is 113 cm³/mol. The van der Waals surface area contributed by atoms with Crippen LogP contribution in [0.1, 0.15) is 47.4 Å². The summed E-state index contributed by atoms with van der Waals surface area (Å²) in [5, 5.41) is 0. The molecule has 0 spiro atoms. The SMILES string of the molecule is Cc1cc(=O)c(C(=O)N2CCSCC2)c(CC2CCCC2)n1CCN(C)C. The summed E-state index contributed by atoms with van der Waals surface area (Å²) in [5.41, 5.74) is 2.31. The number of rotatable bonds is 6. The normalized spacial score (nSPS) is 18.4. The molecule has 27 heavy (non-hydrogen) atoms. The molecule has 1 aliphatic heterocycles. The van der Waals surface area contributed by atoms with E-state index in [0.717, 1.165) is 55.5 Å². The minimum atomic E-state index is -0.0928. The van der Waals surface area contributed by atoms with Crippen molar-refractivity contribution in [2.75, 3.05) is 45.2 Å². The summed E-state index contributed by atoms with van der Waals surface area (Å²) in [6.07, 6.45) is 5.82. The molecule has 0 atom stereocenters. The minimum Gasteiger partial charge on any atom is -0.347 e. The molecule has 0 N–H and O–H groups in total. The van der Waals surface area contributed by atoms with Crippen molar-refractivity contribution >= 4 is 17.7 Å². The molecule has 3 rings (SSSR count). The Morgan fingerprint density at radius 1 is 1.22 bits per heavy atom. The van der Waals surface area contributed by atoms with Gasteiger partial charge in [0, 0.05) is 55.1 Å². The highest BCUT2D eigenvalue weighted by Gasteiger charge is 2.28. The van der Waals surface area contributed by atoms with Crippen LogP contribution < -0.4 is 5.43 Å². The highest BCUT2D eigenvalue weighted by molar-refractivity contribution is 7.99. The maximum atomic E-state index is 13.3. The van der Waals surface area contributed by atoms with Crippen molar-refractivity contribution in [3.05, 3.63) is 33.2 Å². The lowest BCUT2D eigenvalue weighted by Crippen LogP contribution is -2.41. The van der Waals surface area contributed by atoms with Gasteiger partial charge in [-0.15, -0.1) is 0 Å². The third-order valence-corrected chi connectivity index (χ3v) is 6.81. The van der Waals surface area contributed by atoms with E-state index in [4.69, 9.17) is 0 Å². The fourth-order valence-corrected chi connectivity index (χ4v) is 5.20. The highest BCUT2D eigenvalue weighted by atomic mass is 32.2. The van der Waals surface area contributed by atoms with Gasteiger partial charge in [-0.2, -0.15) is 11.8 Å². The average Bonchev–Trinajstić information content (AvgIpc) is 3.14. The summed E-state index contributed by atoms with van der Waals surface area (Å²) in [7, 11) is 4.12. The molecule has 1 amide bonds. The third-order valence-electron chi connectivity index (χ3n) is 5.87. The molecule has 6 heteroatoms. The van der Waals surface area contributed by atoms with Crippen LogP contribution in [0.4, 0.5) is 0 Å². The zero-order valence-corrected chi connectivity index (χ0v) is 17.8. The average molecular weight is 392 g/mol. The monoisotopic (exact) mass is 391 g/mol. The van der Waals surface area contributed by atoms with Gasteiger partial charge >= 0.3 is 0 Å². The molecule has 1 aromatic heterocycles. The van der Waals surface area contributed by atoms with Crippen LogP contribution >= 0.6 is 11.8 Å². The van der Waals surface area contributed by atoms with Gasteiger partial charge in [-0.05, 0) is 33.4 Å². The molecular weight excluding hydrogens is 358 g/mol. The standard InChI is InChI=1S/C21H33N3O2S/c1-16-14-19(25)20(21(26)23-10-12-27-13-11-23)18(15-17-6-4-5-7-17)24(16)9-8-22(2)3/h14,17H,4-13,15H2,1-3H3.